The lowest BCUT2D eigenvalue weighted by atomic mass is 9.93. The van der Waals surface area contributed by atoms with Gasteiger partial charge >= 0.3 is 5.97 Å². The number of benzene rings is 1. The quantitative estimate of drug-likeness (QED) is 0.626. The molecule has 1 N–H and O–H groups in total. The maximum absolute atomic E-state index is 13.7. The first-order valence-corrected chi connectivity index (χ1v) is 11.9. The Kier molecular flexibility index (Phi) is 5.94. The largest absolute Gasteiger partial charge is 0.492 e. The van der Waals surface area contributed by atoms with E-state index in [0.717, 1.165) is 25.0 Å². The lowest BCUT2D eigenvalue weighted by molar-refractivity contribution is -0.0509. The second-order valence-corrected chi connectivity index (χ2v) is 9.84. The van der Waals surface area contributed by atoms with Crippen molar-refractivity contribution in [2.24, 2.45) is 5.92 Å². The molecule has 168 valence electrons. The number of aromatic carboxylic acids is 1. The lowest BCUT2D eigenvalue weighted by Crippen LogP contribution is -2.45. The molecule has 0 amide bonds. The van der Waals surface area contributed by atoms with E-state index in [1.54, 1.807) is 10.7 Å². The number of aryl methyl sites for hydroxylation is 2. The van der Waals surface area contributed by atoms with Crippen LogP contribution >= 0.6 is 0 Å². The summed E-state index contributed by atoms with van der Waals surface area (Å²) in [5.74, 6) is -0.354. The molecule has 2 heterocycles. The molecule has 2 fully saturated rings. The van der Waals surface area contributed by atoms with Crippen molar-refractivity contribution in [3.8, 4) is 5.75 Å². The fourth-order valence-corrected chi connectivity index (χ4v) is 5.46. The minimum atomic E-state index is -4.00. The topological polar surface area (TPSA) is 111 Å². The van der Waals surface area contributed by atoms with Crippen LogP contribution < -0.4 is 9.04 Å². The molecule has 0 unspecified atom stereocenters. The minimum Gasteiger partial charge on any atom is -0.492 e. The summed E-state index contributed by atoms with van der Waals surface area (Å²) in [4.78, 5) is 11.8. The van der Waals surface area contributed by atoms with Crippen molar-refractivity contribution in [3.63, 3.8) is 0 Å². The van der Waals surface area contributed by atoms with Gasteiger partial charge in [0.25, 0.3) is 10.0 Å². The standard InChI is InChI=1S/C21H27N3O6S/c1-3-23-20(9-14(2)22-23)24(16-5-4-6-16)31(27,28)17-7-8-19(18(10-17)21(25)26)30-13-15-11-29-12-15/h7-10,15-16H,3-6,11-13H2,1-2H3,(H,25,26). The first-order chi connectivity index (χ1) is 14.8. The Morgan fingerprint density at radius 3 is 2.61 bits per heavy atom. The van der Waals surface area contributed by atoms with Gasteiger partial charge in [-0.3, -0.25) is 0 Å². The van der Waals surface area contributed by atoms with Gasteiger partial charge in [0.1, 0.15) is 17.1 Å². The third-order valence-electron chi connectivity index (χ3n) is 5.73. The van der Waals surface area contributed by atoms with Crippen LogP contribution in [0.25, 0.3) is 0 Å². The normalized spacial score (nSPS) is 17.1. The molecule has 10 heteroatoms. The summed E-state index contributed by atoms with van der Waals surface area (Å²) in [5.41, 5.74) is 0.557. The molecule has 9 nitrogen and oxygen atoms in total. The molecule has 0 spiro atoms. The Bertz CT molecular complexity index is 1070. The molecule has 1 aliphatic carbocycles. The van der Waals surface area contributed by atoms with Crippen LogP contribution in [-0.4, -0.2) is 55.1 Å². The molecule has 2 aliphatic rings. The smallest absolute Gasteiger partial charge is 0.339 e. The predicted octanol–water partition coefficient (Wildman–Crippen LogP) is 2.68. The molecule has 1 aromatic heterocycles. The van der Waals surface area contributed by atoms with Crippen LogP contribution in [0.1, 0.15) is 42.2 Å². The minimum absolute atomic E-state index is 0.0716. The number of sulfonamides is 1. The maximum atomic E-state index is 13.7. The Morgan fingerprint density at radius 1 is 1.32 bits per heavy atom. The van der Waals surface area contributed by atoms with E-state index >= 15 is 0 Å². The highest BCUT2D eigenvalue weighted by molar-refractivity contribution is 7.92. The Hall–Kier alpha value is -2.59. The number of hydrogen-bond donors (Lipinski definition) is 1. The van der Waals surface area contributed by atoms with Crippen LogP contribution in [0.2, 0.25) is 0 Å². The highest BCUT2D eigenvalue weighted by Gasteiger charge is 2.38. The number of carbonyl (C=O) groups is 1. The van der Waals surface area contributed by atoms with E-state index in [4.69, 9.17) is 9.47 Å². The number of hydrogen-bond acceptors (Lipinski definition) is 6. The van der Waals surface area contributed by atoms with E-state index in [2.05, 4.69) is 5.10 Å². The molecule has 1 aliphatic heterocycles. The summed E-state index contributed by atoms with van der Waals surface area (Å²) in [7, 11) is -4.00. The first-order valence-electron chi connectivity index (χ1n) is 10.5. The Morgan fingerprint density at radius 2 is 2.06 bits per heavy atom. The van der Waals surface area contributed by atoms with Gasteiger partial charge in [-0.2, -0.15) is 5.10 Å². The summed E-state index contributed by atoms with van der Waals surface area (Å²) in [6.45, 7) is 5.74. The van der Waals surface area contributed by atoms with Crippen molar-refractivity contribution in [3.05, 3.63) is 35.5 Å². The van der Waals surface area contributed by atoms with E-state index in [9.17, 15) is 18.3 Å². The summed E-state index contributed by atoms with van der Waals surface area (Å²) < 4.78 is 41.2. The Balaban J connectivity index is 1.71. The van der Waals surface area contributed by atoms with Crippen molar-refractivity contribution in [2.45, 2.75) is 50.6 Å². The predicted molar refractivity (Wildman–Crippen MR) is 113 cm³/mol. The SMILES string of the molecule is CCn1nc(C)cc1N(C1CCC1)S(=O)(=O)c1ccc(OCC2COC2)c(C(=O)O)c1. The van der Waals surface area contributed by atoms with Gasteiger partial charge < -0.3 is 14.6 Å². The zero-order valence-electron chi connectivity index (χ0n) is 17.7. The third-order valence-corrected chi connectivity index (χ3v) is 7.59. The summed E-state index contributed by atoms with van der Waals surface area (Å²) in [6, 6.07) is 5.62. The molecule has 31 heavy (non-hydrogen) atoms. The number of ether oxygens (including phenoxy) is 2. The average molecular weight is 450 g/mol. The molecule has 0 atom stereocenters. The fourth-order valence-electron chi connectivity index (χ4n) is 3.73. The molecule has 1 saturated heterocycles. The zero-order chi connectivity index (χ0) is 22.2. The summed E-state index contributed by atoms with van der Waals surface area (Å²) >= 11 is 0. The second kappa shape index (κ2) is 8.51. The zero-order valence-corrected chi connectivity index (χ0v) is 18.5. The van der Waals surface area contributed by atoms with E-state index in [1.807, 2.05) is 13.8 Å². The molecule has 0 bridgehead atoms. The van der Waals surface area contributed by atoms with Gasteiger partial charge in [0.2, 0.25) is 0 Å². The Labute approximate surface area is 181 Å². The van der Waals surface area contributed by atoms with E-state index in [1.165, 1.54) is 22.5 Å². The van der Waals surface area contributed by atoms with Crippen molar-refractivity contribution in [1.29, 1.82) is 0 Å². The first kappa shape index (κ1) is 21.6. The van der Waals surface area contributed by atoms with Gasteiger partial charge in [-0.1, -0.05) is 0 Å². The summed E-state index contributed by atoms with van der Waals surface area (Å²) in [5, 5.41) is 14.1. The molecule has 4 rings (SSSR count). The van der Waals surface area contributed by atoms with E-state index < -0.39 is 16.0 Å². The maximum Gasteiger partial charge on any atom is 0.339 e. The van der Waals surface area contributed by atoms with Crippen LogP contribution in [0.5, 0.6) is 5.75 Å². The second-order valence-electron chi connectivity index (χ2n) is 8.02. The number of rotatable bonds is 9. The number of nitrogens with zero attached hydrogens (tertiary/aromatic N) is 3. The summed E-state index contributed by atoms with van der Waals surface area (Å²) in [6.07, 6.45) is 2.46. The monoisotopic (exact) mass is 449 g/mol. The lowest BCUT2D eigenvalue weighted by Gasteiger charge is -2.37. The number of anilines is 1. The average Bonchev–Trinajstić information content (AvgIpc) is 3.03. The fraction of sp³-hybridized carbons (Fsp3) is 0.524. The van der Waals surface area contributed by atoms with Crippen LogP contribution in [0.15, 0.2) is 29.2 Å². The van der Waals surface area contributed by atoms with Crippen LogP contribution in [0.4, 0.5) is 5.82 Å². The highest BCUT2D eigenvalue weighted by Crippen LogP contribution is 2.36. The number of carboxylic acids is 1. The number of aromatic nitrogens is 2. The van der Waals surface area contributed by atoms with Gasteiger partial charge in [-0.05, 0) is 51.3 Å². The number of carboxylic acid groups (broad SMARTS) is 1. The van der Waals surface area contributed by atoms with E-state index in [-0.39, 0.29) is 28.2 Å². The van der Waals surface area contributed by atoms with Crippen LogP contribution in [0, 0.1) is 12.8 Å². The molecule has 0 radical (unpaired) electrons. The van der Waals surface area contributed by atoms with Gasteiger partial charge in [-0.15, -0.1) is 0 Å². The van der Waals surface area contributed by atoms with Crippen LogP contribution in [0.3, 0.4) is 0 Å². The molecular weight excluding hydrogens is 422 g/mol. The molecule has 1 aromatic carbocycles. The van der Waals surface area contributed by atoms with Crippen molar-refractivity contribution < 1.29 is 27.8 Å². The molecule has 1 saturated carbocycles. The van der Waals surface area contributed by atoms with Gasteiger partial charge in [0.05, 0.1) is 30.4 Å². The van der Waals surface area contributed by atoms with Crippen molar-refractivity contribution in [1.82, 2.24) is 9.78 Å². The highest BCUT2D eigenvalue weighted by atomic mass is 32.2. The van der Waals surface area contributed by atoms with Gasteiger partial charge in [-0.25, -0.2) is 22.2 Å². The molecule has 2 aromatic rings. The van der Waals surface area contributed by atoms with Gasteiger partial charge in [0.15, 0.2) is 0 Å². The molecular formula is C21H27N3O6S. The third kappa shape index (κ3) is 4.14. The van der Waals surface area contributed by atoms with Crippen molar-refractivity contribution in [2.75, 3.05) is 24.1 Å². The van der Waals surface area contributed by atoms with Gasteiger partial charge in [0, 0.05) is 24.6 Å². The van der Waals surface area contributed by atoms with Crippen LogP contribution in [-0.2, 0) is 21.3 Å². The van der Waals surface area contributed by atoms with E-state index in [0.29, 0.717) is 32.2 Å². The van der Waals surface area contributed by atoms with Crippen molar-refractivity contribution >= 4 is 21.8 Å².